The standard InChI is InChI=1S/C13H21NOS.C12H19NO2S/c1-5-10-8-13(16-4)11(6-9(2)14)7-12(10)15-3;1-4-15-10-7-9(5-6-13)8-11(16-3)12(10)14-2/h7-9H,5-6,14H2,1-4H3;7-8H,4-6,13H2,1-3H3. The lowest BCUT2D eigenvalue weighted by Crippen LogP contribution is -2.18. The summed E-state index contributed by atoms with van der Waals surface area (Å²) in [5, 5.41) is 0. The summed E-state index contributed by atoms with van der Waals surface area (Å²) in [4.78, 5) is 2.41. The molecule has 0 aliphatic rings. The van der Waals surface area contributed by atoms with Gasteiger partial charge in [0.25, 0.3) is 0 Å². The van der Waals surface area contributed by atoms with E-state index in [1.54, 1.807) is 37.7 Å². The van der Waals surface area contributed by atoms with Crippen molar-refractivity contribution in [3.63, 3.8) is 0 Å². The molecular formula is C25H40N2O3S2. The average Bonchev–Trinajstić information content (AvgIpc) is 2.78. The summed E-state index contributed by atoms with van der Waals surface area (Å²) in [6.45, 7) is 7.42. The molecule has 0 fully saturated rings. The molecule has 0 aliphatic heterocycles. The van der Waals surface area contributed by atoms with Gasteiger partial charge >= 0.3 is 0 Å². The smallest absolute Gasteiger partial charge is 0.174 e. The molecule has 0 saturated heterocycles. The van der Waals surface area contributed by atoms with Gasteiger partial charge in [-0.05, 0) is 93.1 Å². The van der Waals surface area contributed by atoms with Crippen LogP contribution >= 0.6 is 23.5 Å². The lowest BCUT2D eigenvalue weighted by atomic mass is 10.0. The summed E-state index contributed by atoms with van der Waals surface area (Å²) < 4.78 is 16.4. The maximum absolute atomic E-state index is 5.86. The van der Waals surface area contributed by atoms with Crippen molar-refractivity contribution in [1.82, 2.24) is 0 Å². The van der Waals surface area contributed by atoms with Gasteiger partial charge in [-0.3, -0.25) is 0 Å². The minimum atomic E-state index is 0.183. The molecule has 0 saturated carbocycles. The van der Waals surface area contributed by atoms with Crippen molar-refractivity contribution < 1.29 is 14.2 Å². The van der Waals surface area contributed by atoms with Crippen molar-refractivity contribution in [3.05, 3.63) is 41.0 Å². The van der Waals surface area contributed by atoms with E-state index in [1.807, 2.05) is 26.2 Å². The summed E-state index contributed by atoms with van der Waals surface area (Å²) in [5.41, 5.74) is 15.2. The highest BCUT2D eigenvalue weighted by Gasteiger charge is 2.12. The predicted octanol–water partition coefficient (Wildman–Crippen LogP) is 5.19. The topological polar surface area (TPSA) is 79.7 Å². The Morgan fingerprint density at radius 3 is 2.06 bits per heavy atom. The molecule has 0 bridgehead atoms. The molecule has 7 heteroatoms. The second-order valence-electron chi connectivity index (χ2n) is 7.31. The third kappa shape index (κ3) is 8.43. The van der Waals surface area contributed by atoms with Gasteiger partial charge in [0.2, 0.25) is 0 Å². The van der Waals surface area contributed by atoms with Gasteiger partial charge in [0.05, 0.1) is 25.7 Å². The van der Waals surface area contributed by atoms with Gasteiger partial charge in [-0.1, -0.05) is 6.92 Å². The summed E-state index contributed by atoms with van der Waals surface area (Å²) in [6, 6.07) is 8.66. The molecule has 4 N–H and O–H groups in total. The number of methoxy groups -OCH3 is 2. The zero-order valence-electron chi connectivity index (χ0n) is 20.6. The van der Waals surface area contributed by atoms with Crippen molar-refractivity contribution >= 4 is 23.5 Å². The Morgan fingerprint density at radius 2 is 1.59 bits per heavy atom. The molecule has 0 heterocycles. The van der Waals surface area contributed by atoms with Crippen LogP contribution in [-0.4, -0.2) is 45.9 Å². The maximum Gasteiger partial charge on any atom is 0.174 e. The molecule has 0 aromatic heterocycles. The van der Waals surface area contributed by atoms with E-state index in [2.05, 4.69) is 31.4 Å². The number of ether oxygens (including phenoxy) is 3. The van der Waals surface area contributed by atoms with Gasteiger partial charge in [0.1, 0.15) is 5.75 Å². The second-order valence-corrected chi connectivity index (χ2v) is 9.01. The van der Waals surface area contributed by atoms with E-state index in [-0.39, 0.29) is 6.04 Å². The van der Waals surface area contributed by atoms with Crippen LogP contribution in [0.15, 0.2) is 34.1 Å². The average molecular weight is 481 g/mol. The fraction of sp³-hybridized carbons (Fsp3) is 0.520. The Labute approximate surface area is 203 Å². The molecule has 180 valence electrons. The van der Waals surface area contributed by atoms with Crippen molar-refractivity contribution in [2.45, 2.75) is 55.9 Å². The molecule has 2 aromatic carbocycles. The van der Waals surface area contributed by atoms with Crippen LogP contribution in [-0.2, 0) is 19.3 Å². The van der Waals surface area contributed by atoms with E-state index in [1.165, 1.54) is 21.6 Å². The number of hydrogen-bond donors (Lipinski definition) is 2. The summed E-state index contributed by atoms with van der Waals surface area (Å²) in [7, 11) is 3.39. The van der Waals surface area contributed by atoms with Gasteiger partial charge in [0.15, 0.2) is 11.5 Å². The monoisotopic (exact) mass is 480 g/mol. The molecule has 0 radical (unpaired) electrons. The fourth-order valence-corrected chi connectivity index (χ4v) is 4.67. The van der Waals surface area contributed by atoms with E-state index in [0.717, 1.165) is 41.4 Å². The van der Waals surface area contributed by atoms with E-state index in [9.17, 15) is 0 Å². The second kappa shape index (κ2) is 15.3. The van der Waals surface area contributed by atoms with Crippen LogP contribution in [0.25, 0.3) is 0 Å². The zero-order valence-corrected chi connectivity index (χ0v) is 22.3. The van der Waals surface area contributed by atoms with Crippen LogP contribution in [0.4, 0.5) is 0 Å². The number of thioether (sulfide) groups is 2. The van der Waals surface area contributed by atoms with Crippen LogP contribution in [0.2, 0.25) is 0 Å². The number of hydrogen-bond acceptors (Lipinski definition) is 7. The van der Waals surface area contributed by atoms with Crippen molar-refractivity contribution in [1.29, 1.82) is 0 Å². The van der Waals surface area contributed by atoms with Gasteiger partial charge < -0.3 is 25.7 Å². The Bertz CT molecular complexity index is 829. The van der Waals surface area contributed by atoms with Crippen LogP contribution in [0, 0.1) is 0 Å². The molecule has 0 amide bonds. The zero-order chi connectivity index (χ0) is 24.1. The van der Waals surface area contributed by atoms with Gasteiger partial charge in [-0.15, -0.1) is 23.5 Å². The molecule has 0 aliphatic carbocycles. The minimum absolute atomic E-state index is 0.183. The number of benzene rings is 2. The minimum Gasteiger partial charge on any atom is -0.496 e. The lowest BCUT2D eigenvalue weighted by Gasteiger charge is -2.15. The largest absolute Gasteiger partial charge is 0.496 e. The molecule has 5 nitrogen and oxygen atoms in total. The van der Waals surface area contributed by atoms with Crippen LogP contribution in [0.5, 0.6) is 17.2 Å². The quantitative estimate of drug-likeness (QED) is 0.429. The molecule has 32 heavy (non-hydrogen) atoms. The normalized spacial score (nSPS) is 11.4. The first-order chi connectivity index (χ1) is 15.4. The molecule has 2 aromatic rings. The molecule has 1 unspecified atom stereocenters. The third-order valence-corrected chi connectivity index (χ3v) is 6.41. The Morgan fingerprint density at radius 1 is 0.906 bits per heavy atom. The Kier molecular flexibility index (Phi) is 13.6. The van der Waals surface area contributed by atoms with E-state index >= 15 is 0 Å². The van der Waals surface area contributed by atoms with Crippen LogP contribution in [0.1, 0.15) is 37.5 Å². The van der Waals surface area contributed by atoms with E-state index in [4.69, 9.17) is 25.7 Å². The van der Waals surface area contributed by atoms with Crippen LogP contribution < -0.4 is 25.7 Å². The lowest BCUT2D eigenvalue weighted by molar-refractivity contribution is 0.306. The maximum atomic E-state index is 5.86. The number of nitrogens with two attached hydrogens (primary N) is 2. The first-order valence-corrected chi connectivity index (χ1v) is 13.4. The highest BCUT2D eigenvalue weighted by Crippen LogP contribution is 2.38. The summed E-state index contributed by atoms with van der Waals surface area (Å²) in [6.07, 6.45) is 6.88. The van der Waals surface area contributed by atoms with E-state index < -0.39 is 0 Å². The van der Waals surface area contributed by atoms with Gasteiger partial charge in [0, 0.05) is 10.9 Å². The number of aryl methyl sites for hydroxylation is 1. The SMILES string of the molecule is CCOc1cc(CCN)cc(SC)c1OC.CCc1cc(SC)c(CC(C)N)cc1OC. The van der Waals surface area contributed by atoms with Crippen molar-refractivity contribution in [3.8, 4) is 17.2 Å². The van der Waals surface area contributed by atoms with Crippen molar-refractivity contribution in [2.75, 3.05) is 39.9 Å². The molecule has 0 spiro atoms. The molecule has 2 rings (SSSR count). The first kappa shape index (κ1) is 28.5. The number of rotatable bonds is 11. The van der Waals surface area contributed by atoms with Crippen LogP contribution in [0.3, 0.4) is 0 Å². The summed E-state index contributed by atoms with van der Waals surface area (Å²) in [5.74, 6) is 2.60. The predicted molar refractivity (Wildman–Crippen MR) is 140 cm³/mol. The highest BCUT2D eigenvalue weighted by molar-refractivity contribution is 7.99. The highest BCUT2D eigenvalue weighted by atomic mass is 32.2. The fourth-order valence-electron chi connectivity index (χ4n) is 3.36. The van der Waals surface area contributed by atoms with Gasteiger partial charge in [-0.2, -0.15) is 0 Å². The third-order valence-electron chi connectivity index (χ3n) is 4.84. The molecular weight excluding hydrogens is 440 g/mol. The Balaban J connectivity index is 0.000000320. The summed E-state index contributed by atoms with van der Waals surface area (Å²) >= 11 is 3.43. The van der Waals surface area contributed by atoms with Crippen molar-refractivity contribution in [2.24, 2.45) is 11.5 Å². The first-order valence-electron chi connectivity index (χ1n) is 11.0. The van der Waals surface area contributed by atoms with Gasteiger partial charge in [-0.25, -0.2) is 0 Å². The van der Waals surface area contributed by atoms with E-state index in [0.29, 0.717) is 13.2 Å². The molecule has 1 atom stereocenters. The Hall–Kier alpha value is -1.54.